The number of carboxylic acids is 1. The minimum Gasteiger partial charge on any atom is -0.478 e. The monoisotopic (exact) mass is 278 g/mol. The van der Waals surface area contributed by atoms with Gasteiger partial charge in [-0.05, 0) is 30.7 Å². The van der Waals surface area contributed by atoms with E-state index in [0.717, 1.165) is 12.1 Å². The normalized spacial score (nSPS) is 18.6. The fourth-order valence-electron chi connectivity index (χ4n) is 2.11. The Kier molecular flexibility index (Phi) is 4.70. The molecule has 20 heavy (non-hydrogen) atoms. The summed E-state index contributed by atoms with van der Waals surface area (Å²) in [7, 11) is 0. The SMILES string of the molecule is Cc1cc(C(=O)O)ccc1NC(=O)CC1COCCN1. The quantitative estimate of drug-likeness (QED) is 0.765. The van der Waals surface area contributed by atoms with E-state index in [0.29, 0.717) is 25.3 Å². The number of aromatic carboxylic acids is 1. The maximum Gasteiger partial charge on any atom is 0.335 e. The highest BCUT2D eigenvalue weighted by Gasteiger charge is 2.17. The van der Waals surface area contributed by atoms with Gasteiger partial charge >= 0.3 is 5.97 Å². The first-order chi connectivity index (χ1) is 9.56. The van der Waals surface area contributed by atoms with Crippen LogP contribution in [-0.4, -0.2) is 42.8 Å². The molecule has 6 heteroatoms. The Morgan fingerprint density at radius 2 is 2.30 bits per heavy atom. The van der Waals surface area contributed by atoms with Crippen LogP contribution in [0.4, 0.5) is 5.69 Å². The Morgan fingerprint density at radius 3 is 2.90 bits per heavy atom. The van der Waals surface area contributed by atoms with Crippen molar-refractivity contribution in [2.24, 2.45) is 0 Å². The maximum atomic E-state index is 11.9. The number of carbonyl (C=O) groups is 2. The van der Waals surface area contributed by atoms with Crippen LogP contribution in [0.5, 0.6) is 0 Å². The second kappa shape index (κ2) is 6.49. The zero-order valence-electron chi connectivity index (χ0n) is 11.3. The molecule has 0 aromatic heterocycles. The summed E-state index contributed by atoms with van der Waals surface area (Å²) in [5.41, 5.74) is 1.57. The highest BCUT2D eigenvalue weighted by atomic mass is 16.5. The van der Waals surface area contributed by atoms with Gasteiger partial charge < -0.3 is 20.5 Å². The van der Waals surface area contributed by atoms with E-state index in [1.807, 2.05) is 0 Å². The third-order valence-corrected chi connectivity index (χ3v) is 3.18. The van der Waals surface area contributed by atoms with Crippen molar-refractivity contribution < 1.29 is 19.4 Å². The Hall–Kier alpha value is -1.92. The third kappa shape index (κ3) is 3.79. The van der Waals surface area contributed by atoms with Crippen molar-refractivity contribution in [3.8, 4) is 0 Å². The molecule has 1 unspecified atom stereocenters. The van der Waals surface area contributed by atoms with E-state index in [9.17, 15) is 9.59 Å². The van der Waals surface area contributed by atoms with Crippen molar-refractivity contribution in [3.05, 3.63) is 29.3 Å². The van der Waals surface area contributed by atoms with Gasteiger partial charge in [-0.3, -0.25) is 4.79 Å². The zero-order valence-corrected chi connectivity index (χ0v) is 11.3. The summed E-state index contributed by atoms with van der Waals surface area (Å²) in [6.07, 6.45) is 0.333. The van der Waals surface area contributed by atoms with Gasteiger partial charge in [0.1, 0.15) is 0 Å². The van der Waals surface area contributed by atoms with Gasteiger partial charge in [-0.2, -0.15) is 0 Å². The summed E-state index contributed by atoms with van der Waals surface area (Å²) >= 11 is 0. The van der Waals surface area contributed by atoms with Gasteiger partial charge in [0.25, 0.3) is 0 Å². The first kappa shape index (κ1) is 14.5. The Labute approximate surface area is 117 Å². The molecular formula is C14H18N2O4. The van der Waals surface area contributed by atoms with Crippen molar-refractivity contribution in [2.45, 2.75) is 19.4 Å². The fourth-order valence-corrected chi connectivity index (χ4v) is 2.11. The molecule has 1 saturated heterocycles. The Morgan fingerprint density at radius 1 is 1.50 bits per heavy atom. The first-order valence-electron chi connectivity index (χ1n) is 6.51. The number of carboxylic acid groups (broad SMARTS) is 1. The van der Waals surface area contributed by atoms with Crippen LogP contribution in [0, 0.1) is 6.92 Å². The third-order valence-electron chi connectivity index (χ3n) is 3.18. The molecule has 0 bridgehead atoms. The minimum atomic E-state index is -0.977. The average molecular weight is 278 g/mol. The molecule has 6 nitrogen and oxygen atoms in total. The van der Waals surface area contributed by atoms with Crippen LogP contribution < -0.4 is 10.6 Å². The molecular weight excluding hydrogens is 260 g/mol. The number of nitrogens with one attached hydrogen (secondary N) is 2. The highest BCUT2D eigenvalue weighted by Crippen LogP contribution is 2.17. The van der Waals surface area contributed by atoms with E-state index in [2.05, 4.69) is 10.6 Å². The molecule has 2 rings (SSSR count). The number of hydrogen-bond acceptors (Lipinski definition) is 4. The number of ether oxygens (including phenoxy) is 1. The smallest absolute Gasteiger partial charge is 0.335 e. The number of anilines is 1. The van der Waals surface area contributed by atoms with Crippen molar-refractivity contribution >= 4 is 17.6 Å². The van der Waals surface area contributed by atoms with Crippen LogP contribution in [-0.2, 0) is 9.53 Å². The molecule has 3 N–H and O–H groups in total. The molecule has 1 heterocycles. The molecule has 1 aliphatic rings. The molecule has 1 aliphatic heterocycles. The lowest BCUT2D eigenvalue weighted by Crippen LogP contribution is -2.43. The van der Waals surface area contributed by atoms with E-state index < -0.39 is 5.97 Å². The van der Waals surface area contributed by atoms with Crippen molar-refractivity contribution in [3.63, 3.8) is 0 Å². The molecule has 0 aliphatic carbocycles. The van der Waals surface area contributed by atoms with Gasteiger partial charge in [-0.25, -0.2) is 4.79 Å². The predicted molar refractivity (Wildman–Crippen MR) is 74.0 cm³/mol. The summed E-state index contributed by atoms with van der Waals surface area (Å²) in [4.78, 5) is 22.8. The number of morpholine rings is 1. The van der Waals surface area contributed by atoms with E-state index >= 15 is 0 Å². The second-order valence-electron chi connectivity index (χ2n) is 4.81. The van der Waals surface area contributed by atoms with Crippen LogP contribution >= 0.6 is 0 Å². The molecule has 1 atom stereocenters. The topological polar surface area (TPSA) is 87.7 Å². The average Bonchev–Trinajstić information content (AvgIpc) is 2.42. The minimum absolute atomic E-state index is 0.0300. The van der Waals surface area contributed by atoms with Gasteiger partial charge in [0.15, 0.2) is 0 Å². The van der Waals surface area contributed by atoms with Crippen LogP contribution in [0.1, 0.15) is 22.3 Å². The van der Waals surface area contributed by atoms with Gasteiger partial charge in [0, 0.05) is 24.7 Å². The number of amides is 1. The number of aryl methyl sites for hydroxylation is 1. The first-order valence-corrected chi connectivity index (χ1v) is 6.51. The van der Waals surface area contributed by atoms with Crippen LogP contribution in [0.2, 0.25) is 0 Å². The van der Waals surface area contributed by atoms with Crippen LogP contribution in [0.15, 0.2) is 18.2 Å². The van der Waals surface area contributed by atoms with E-state index in [1.54, 1.807) is 19.1 Å². The number of benzene rings is 1. The molecule has 0 saturated carbocycles. The van der Waals surface area contributed by atoms with Crippen molar-refractivity contribution in [1.29, 1.82) is 0 Å². The number of hydrogen-bond donors (Lipinski definition) is 3. The lowest BCUT2D eigenvalue weighted by molar-refractivity contribution is -0.117. The number of carbonyl (C=O) groups excluding carboxylic acids is 1. The van der Waals surface area contributed by atoms with Crippen molar-refractivity contribution in [2.75, 3.05) is 25.1 Å². The van der Waals surface area contributed by atoms with E-state index in [4.69, 9.17) is 9.84 Å². The Bertz CT molecular complexity index is 510. The van der Waals surface area contributed by atoms with Crippen LogP contribution in [0.25, 0.3) is 0 Å². The molecule has 1 fully saturated rings. The number of rotatable bonds is 4. The summed E-state index contributed by atoms with van der Waals surface area (Å²) in [6.45, 7) is 3.73. The van der Waals surface area contributed by atoms with Gasteiger partial charge in [0.05, 0.1) is 18.8 Å². The summed E-state index contributed by atoms with van der Waals surface area (Å²) in [5, 5.41) is 14.9. The zero-order chi connectivity index (χ0) is 14.5. The van der Waals surface area contributed by atoms with E-state index in [-0.39, 0.29) is 17.5 Å². The summed E-state index contributed by atoms with van der Waals surface area (Å²) in [6, 6.07) is 4.66. The molecule has 108 valence electrons. The van der Waals surface area contributed by atoms with Crippen LogP contribution in [0.3, 0.4) is 0 Å². The summed E-state index contributed by atoms with van der Waals surface area (Å²) < 4.78 is 5.29. The van der Waals surface area contributed by atoms with Gasteiger partial charge in [0.2, 0.25) is 5.91 Å². The molecule has 1 aromatic rings. The molecule has 0 radical (unpaired) electrons. The summed E-state index contributed by atoms with van der Waals surface area (Å²) in [5.74, 6) is -1.09. The molecule has 1 amide bonds. The molecule has 0 spiro atoms. The Balaban J connectivity index is 1.95. The van der Waals surface area contributed by atoms with Gasteiger partial charge in [-0.15, -0.1) is 0 Å². The lowest BCUT2D eigenvalue weighted by Gasteiger charge is -2.23. The predicted octanol–water partition coefficient (Wildman–Crippen LogP) is 1.01. The lowest BCUT2D eigenvalue weighted by atomic mass is 10.1. The highest BCUT2D eigenvalue weighted by molar-refractivity contribution is 5.93. The molecule has 1 aromatic carbocycles. The van der Waals surface area contributed by atoms with Crippen molar-refractivity contribution in [1.82, 2.24) is 5.32 Å². The maximum absolute atomic E-state index is 11.9. The largest absolute Gasteiger partial charge is 0.478 e. The standard InChI is InChI=1S/C14H18N2O4/c1-9-6-10(14(18)19)2-3-12(9)16-13(17)7-11-8-20-5-4-15-11/h2-3,6,11,15H,4-5,7-8H2,1H3,(H,16,17)(H,18,19). The fraction of sp³-hybridized carbons (Fsp3) is 0.429. The second-order valence-corrected chi connectivity index (χ2v) is 4.81. The van der Waals surface area contributed by atoms with Gasteiger partial charge in [-0.1, -0.05) is 0 Å². The van der Waals surface area contributed by atoms with E-state index in [1.165, 1.54) is 6.07 Å².